The minimum absolute atomic E-state index is 0.174. The summed E-state index contributed by atoms with van der Waals surface area (Å²) < 4.78 is 15.3. The zero-order valence-corrected chi connectivity index (χ0v) is 12.6. The van der Waals surface area contributed by atoms with Crippen molar-refractivity contribution in [3.63, 3.8) is 0 Å². The Bertz CT molecular complexity index is 565. The first kappa shape index (κ1) is 15.1. The zero-order chi connectivity index (χ0) is 14.5. The molecular weight excluding hydrogens is 275 g/mol. The van der Waals surface area contributed by atoms with Gasteiger partial charge in [-0.1, -0.05) is 24.6 Å². The van der Waals surface area contributed by atoms with Crippen LogP contribution in [0.15, 0.2) is 36.5 Å². The second-order valence-electron chi connectivity index (χ2n) is 4.99. The summed E-state index contributed by atoms with van der Waals surface area (Å²) in [6, 6.07) is 9.31. The molecule has 0 aliphatic rings. The van der Waals surface area contributed by atoms with Crippen molar-refractivity contribution >= 4 is 11.6 Å². The maximum Gasteiger partial charge on any atom is 0.141 e. The molecule has 0 amide bonds. The third-order valence-corrected chi connectivity index (χ3v) is 3.64. The van der Waals surface area contributed by atoms with Crippen molar-refractivity contribution in [2.75, 3.05) is 6.54 Å². The summed E-state index contributed by atoms with van der Waals surface area (Å²) in [5.74, 6) is -0.374. The van der Waals surface area contributed by atoms with Gasteiger partial charge in [0.25, 0.3) is 0 Å². The molecule has 0 aliphatic heterocycles. The van der Waals surface area contributed by atoms with Gasteiger partial charge in [-0.3, -0.25) is 0 Å². The van der Waals surface area contributed by atoms with E-state index in [2.05, 4.69) is 29.8 Å². The number of benzene rings is 1. The molecule has 0 saturated heterocycles. The number of nitrogens with zero attached hydrogens (tertiary/aromatic N) is 1. The highest BCUT2D eigenvalue weighted by Crippen LogP contribution is 2.19. The molecule has 1 unspecified atom stereocenters. The number of rotatable bonds is 6. The maximum absolute atomic E-state index is 13.2. The summed E-state index contributed by atoms with van der Waals surface area (Å²) >= 11 is 5.83. The molecule has 1 N–H and O–H groups in total. The van der Waals surface area contributed by atoms with Gasteiger partial charge in [0.15, 0.2) is 0 Å². The molecule has 0 radical (unpaired) electrons. The van der Waals surface area contributed by atoms with Crippen molar-refractivity contribution in [3.05, 3.63) is 58.6 Å². The molecule has 2 nitrogen and oxygen atoms in total. The third kappa shape index (κ3) is 3.62. The Hall–Kier alpha value is -1.32. The van der Waals surface area contributed by atoms with E-state index in [9.17, 15) is 4.39 Å². The Kier molecular flexibility index (Phi) is 5.21. The lowest BCUT2D eigenvalue weighted by molar-refractivity contribution is 0.534. The summed E-state index contributed by atoms with van der Waals surface area (Å²) in [7, 11) is 0. The van der Waals surface area contributed by atoms with Gasteiger partial charge < -0.3 is 9.88 Å². The Morgan fingerprint density at radius 1 is 1.35 bits per heavy atom. The highest BCUT2D eigenvalue weighted by Gasteiger charge is 2.10. The number of halogens is 2. The van der Waals surface area contributed by atoms with Crippen LogP contribution in [0.25, 0.3) is 0 Å². The van der Waals surface area contributed by atoms with Crippen LogP contribution < -0.4 is 5.32 Å². The molecule has 1 atom stereocenters. The van der Waals surface area contributed by atoms with E-state index in [1.807, 2.05) is 12.3 Å². The first-order valence-corrected chi connectivity index (χ1v) is 7.32. The Morgan fingerprint density at radius 2 is 2.15 bits per heavy atom. The van der Waals surface area contributed by atoms with Crippen molar-refractivity contribution in [2.24, 2.45) is 0 Å². The van der Waals surface area contributed by atoms with E-state index in [4.69, 9.17) is 11.6 Å². The van der Waals surface area contributed by atoms with Gasteiger partial charge in [0.1, 0.15) is 5.82 Å². The average molecular weight is 295 g/mol. The summed E-state index contributed by atoms with van der Waals surface area (Å²) in [6.07, 6.45) is 3.15. The quantitative estimate of drug-likeness (QED) is 0.836. The second kappa shape index (κ2) is 6.91. The van der Waals surface area contributed by atoms with Crippen LogP contribution >= 0.6 is 11.6 Å². The number of nitrogens with one attached hydrogen (secondary N) is 1. The summed E-state index contributed by atoms with van der Waals surface area (Å²) in [5.41, 5.74) is 2.22. The molecule has 1 aromatic carbocycles. The van der Waals surface area contributed by atoms with E-state index in [0.29, 0.717) is 12.6 Å². The van der Waals surface area contributed by atoms with Crippen LogP contribution in [0.1, 0.15) is 37.6 Å². The van der Waals surface area contributed by atoms with Gasteiger partial charge in [0.2, 0.25) is 0 Å². The smallest absolute Gasteiger partial charge is 0.141 e. The van der Waals surface area contributed by atoms with Crippen LogP contribution in [0, 0.1) is 5.82 Å². The lowest BCUT2D eigenvalue weighted by Crippen LogP contribution is -2.22. The van der Waals surface area contributed by atoms with Crippen molar-refractivity contribution in [1.82, 2.24) is 9.88 Å². The van der Waals surface area contributed by atoms with Gasteiger partial charge >= 0.3 is 0 Å². The van der Waals surface area contributed by atoms with Crippen LogP contribution in [-0.2, 0) is 6.54 Å². The van der Waals surface area contributed by atoms with Crippen LogP contribution in [-0.4, -0.2) is 11.1 Å². The topological polar surface area (TPSA) is 17.0 Å². The van der Waals surface area contributed by atoms with Crippen molar-refractivity contribution < 1.29 is 4.39 Å². The third-order valence-electron chi connectivity index (χ3n) is 3.35. The average Bonchev–Trinajstić information content (AvgIpc) is 2.88. The number of hydrogen-bond donors (Lipinski definition) is 1. The van der Waals surface area contributed by atoms with E-state index in [1.165, 1.54) is 11.8 Å². The predicted octanol–water partition coefficient (Wildman–Crippen LogP) is 4.39. The van der Waals surface area contributed by atoms with Crippen molar-refractivity contribution in [1.29, 1.82) is 0 Å². The van der Waals surface area contributed by atoms with E-state index >= 15 is 0 Å². The number of aromatic nitrogens is 1. The van der Waals surface area contributed by atoms with Gasteiger partial charge in [-0.25, -0.2) is 4.39 Å². The lowest BCUT2D eigenvalue weighted by atomic mass is 10.2. The molecular formula is C16H20ClFN2. The molecule has 0 spiro atoms. The SMILES string of the molecule is CCCNC(C)c1cccn1Cc1ccc(F)c(Cl)c1. The van der Waals surface area contributed by atoms with Crippen molar-refractivity contribution in [3.8, 4) is 0 Å². The molecule has 108 valence electrons. The summed E-state index contributed by atoms with van der Waals surface area (Å²) in [6.45, 7) is 5.99. The van der Waals surface area contributed by atoms with Crippen molar-refractivity contribution in [2.45, 2.75) is 32.9 Å². The molecule has 2 rings (SSSR count). The molecule has 0 saturated carbocycles. The Labute approximate surface area is 124 Å². The van der Waals surface area contributed by atoms with E-state index in [1.54, 1.807) is 12.1 Å². The monoisotopic (exact) mass is 294 g/mol. The van der Waals surface area contributed by atoms with E-state index in [0.717, 1.165) is 18.5 Å². The molecule has 20 heavy (non-hydrogen) atoms. The largest absolute Gasteiger partial charge is 0.346 e. The van der Waals surface area contributed by atoms with E-state index in [-0.39, 0.29) is 10.8 Å². The van der Waals surface area contributed by atoms with Gasteiger partial charge in [-0.05, 0) is 49.7 Å². The van der Waals surface area contributed by atoms with Gasteiger partial charge in [-0.15, -0.1) is 0 Å². The van der Waals surface area contributed by atoms with E-state index < -0.39 is 0 Å². The molecule has 2 aromatic rings. The normalized spacial score (nSPS) is 12.6. The fraction of sp³-hybridized carbons (Fsp3) is 0.375. The fourth-order valence-corrected chi connectivity index (χ4v) is 2.47. The molecule has 0 fully saturated rings. The van der Waals surface area contributed by atoms with Gasteiger partial charge in [0, 0.05) is 24.5 Å². The minimum atomic E-state index is -0.374. The van der Waals surface area contributed by atoms with Crippen LogP contribution in [0.5, 0.6) is 0 Å². The fourth-order valence-electron chi connectivity index (χ4n) is 2.26. The zero-order valence-electron chi connectivity index (χ0n) is 11.9. The highest BCUT2D eigenvalue weighted by atomic mass is 35.5. The van der Waals surface area contributed by atoms with Gasteiger partial charge in [0.05, 0.1) is 5.02 Å². The first-order chi connectivity index (χ1) is 9.61. The molecule has 1 heterocycles. The Morgan fingerprint density at radius 3 is 2.85 bits per heavy atom. The number of hydrogen-bond acceptors (Lipinski definition) is 1. The second-order valence-corrected chi connectivity index (χ2v) is 5.39. The minimum Gasteiger partial charge on any atom is -0.346 e. The van der Waals surface area contributed by atoms with Crippen LogP contribution in [0.3, 0.4) is 0 Å². The summed E-state index contributed by atoms with van der Waals surface area (Å²) in [4.78, 5) is 0. The molecule has 1 aromatic heterocycles. The molecule has 4 heteroatoms. The highest BCUT2D eigenvalue weighted by molar-refractivity contribution is 6.30. The molecule has 0 aliphatic carbocycles. The Balaban J connectivity index is 2.13. The first-order valence-electron chi connectivity index (χ1n) is 6.94. The molecule has 0 bridgehead atoms. The lowest BCUT2D eigenvalue weighted by Gasteiger charge is -2.17. The van der Waals surface area contributed by atoms with Crippen LogP contribution in [0.4, 0.5) is 4.39 Å². The standard InChI is InChI=1S/C16H20ClFN2/c1-3-8-19-12(2)16-5-4-9-20(16)11-13-6-7-15(18)14(17)10-13/h4-7,9-10,12,19H,3,8,11H2,1-2H3. The van der Waals surface area contributed by atoms with Crippen LogP contribution in [0.2, 0.25) is 5.02 Å². The predicted molar refractivity (Wildman–Crippen MR) is 81.7 cm³/mol. The summed E-state index contributed by atoms with van der Waals surface area (Å²) in [5, 5.41) is 3.65. The van der Waals surface area contributed by atoms with Gasteiger partial charge in [-0.2, -0.15) is 0 Å². The maximum atomic E-state index is 13.2.